The van der Waals surface area contributed by atoms with Crippen molar-refractivity contribution in [2.24, 2.45) is 23.7 Å². The fraction of sp³-hybridized carbons (Fsp3) is 0.945. The van der Waals surface area contributed by atoms with Gasteiger partial charge < -0.3 is 33.8 Å². The van der Waals surface area contributed by atoms with E-state index < -0.39 is 97.5 Å². The van der Waals surface area contributed by atoms with E-state index in [1.807, 2.05) is 0 Å². The van der Waals surface area contributed by atoms with E-state index in [1.165, 1.54) is 161 Å². The second-order valence-electron chi connectivity index (χ2n) is 27.8. The normalized spacial score (nSPS) is 14.8. The van der Waals surface area contributed by atoms with Crippen molar-refractivity contribution in [1.29, 1.82) is 0 Å². The Morgan fingerprint density at radius 1 is 0.304 bits per heavy atom. The van der Waals surface area contributed by atoms with Crippen LogP contribution < -0.4 is 0 Å². The quantitative estimate of drug-likeness (QED) is 0.0222. The molecule has 0 aromatic rings. The average Bonchev–Trinajstić information content (AvgIpc) is 1.96. The number of carbonyl (C=O) groups is 4. The predicted octanol–water partition coefficient (Wildman–Crippen LogP) is 20.9. The molecule has 0 amide bonds. The molecule has 0 aromatic heterocycles. The van der Waals surface area contributed by atoms with E-state index in [1.54, 1.807) is 0 Å². The minimum absolute atomic E-state index is 0.104. The molecule has 17 nitrogen and oxygen atoms in total. The lowest BCUT2D eigenvalue weighted by Crippen LogP contribution is -2.30. The molecule has 0 radical (unpaired) electrons. The Morgan fingerprint density at radius 2 is 0.522 bits per heavy atom. The van der Waals surface area contributed by atoms with E-state index in [0.717, 1.165) is 120 Å². The van der Waals surface area contributed by atoms with Gasteiger partial charge in [-0.15, -0.1) is 0 Å². The largest absolute Gasteiger partial charge is 0.472 e. The Balaban J connectivity index is 5.24. The SMILES string of the molecule is CCC(C)CCCCCCCCCCCCC(=O)OC[C@H](COP(=O)(O)OC[C@@H](O)COP(=O)(O)OC[C@@H](COC(=O)CCCCCCCCC(C)CC)OC(=O)CCCCCCCCCCCCCCCCC(C)C)OC(=O)CCCCCCCCCCC(C)C. The summed E-state index contributed by atoms with van der Waals surface area (Å²) in [5.74, 6) is 0.927. The number of phosphoric acid groups is 2. The van der Waals surface area contributed by atoms with Gasteiger partial charge in [-0.1, -0.05) is 312 Å². The summed E-state index contributed by atoms with van der Waals surface area (Å²) in [6.07, 6.45) is 45.8. The zero-order chi connectivity index (χ0) is 68.2. The smallest absolute Gasteiger partial charge is 0.462 e. The van der Waals surface area contributed by atoms with Gasteiger partial charge >= 0.3 is 39.5 Å². The van der Waals surface area contributed by atoms with E-state index in [2.05, 4.69) is 55.4 Å². The first-order valence-corrected chi connectivity index (χ1v) is 40.8. The van der Waals surface area contributed by atoms with Gasteiger partial charge in [0.05, 0.1) is 26.4 Å². The fourth-order valence-corrected chi connectivity index (χ4v) is 12.5. The van der Waals surface area contributed by atoms with Gasteiger partial charge in [-0.25, -0.2) is 9.13 Å². The van der Waals surface area contributed by atoms with Crippen LogP contribution in [0.25, 0.3) is 0 Å². The van der Waals surface area contributed by atoms with E-state index >= 15 is 0 Å². The molecular formula is C73H142O17P2. The van der Waals surface area contributed by atoms with Gasteiger partial charge in [-0.3, -0.25) is 37.3 Å². The molecule has 7 atom stereocenters. The van der Waals surface area contributed by atoms with Crippen LogP contribution in [0.2, 0.25) is 0 Å². The van der Waals surface area contributed by atoms with Crippen LogP contribution in [0.5, 0.6) is 0 Å². The number of phosphoric ester groups is 2. The molecule has 0 fully saturated rings. The second-order valence-corrected chi connectivity index (χ2v) is 30.7. The van der Waals surface area contributed by atoms with Crippen molar-refractivity contribution in [1.82, 2.24) is 0 Å². The van der Waals surface area contributed by atoms with Gasteiger partial charge in [0.2, 0.25) is 0 Å². The van der Waals surface area contributed by atoms with Crippen LogP contribution in [-0.4, -0.2) is 96.7 Å². The third-order valence-corrected chi connectivity index (χ3v) is 19.4. The number of esters is 4. The lowest BCUT2D eigenvalue weighted by atomic mass is 9.99. The second kappa shape index (κ2) is 62.6. The standard InChI is InChI=1S/C73H142O17P2/c1-9-65(7)51-43-35-27-20-17-18-21-28-37-45-53-70(75)83-59-68(90-73(78)56-48-40-30-24-23-26-34-42-50-64(5)6)61-87-91(79,80)85-57-67(74)58-86-92(81,82)88-62-69(60-84-71(76)54-46-38-32-31-36-44-52-66(8)10-2)89-72(77)55-47-39-29-22-16-14-12-11-13-15-19-25-33-41-49-63(3)4/h63-69,74H,9-62H2,1-8H3,(H,79,80)(H,81,82)/t65?,66?,67-,68-,69-/m1/s1. The van der Waals surface area contributed by atoms with Crippen LogP contribution in [0.15, 0.2) is 0 Å². The van der Waals surface area contributed by atoms with E-state index in [4.69, 9.17) is 37.0 Å². The van der Waals surface area contributed by atoms with Crippen LogP contribution in [-0.2, 0) is 65.4 Å². The van der Waals surface area contributed by atoms with Crippen LogP contribution in [0.1, 0.15) is 364 Å². The highest BCUT2D eigenvalue weighted by molar-refractivity contribution is 7.47. The Hall–Kier alpha value is -1.94. The summed E-state index contributed by atoms with van der Waals surface area (Å²) in [6, 6.07) is 0. The van der Waals surface area contributed by atoms with Crippen LogP contribution >= 0.6 is 15.6 Å². The van der Waals surface area contributed by atoms with Crippen molar-refractivity contribution < 1.29 is 80.2 Å². The van der Waals surface area contributed by atoms with E-state index in [0.29, 0.717) is 25.7 Å². The monoisotopic (exact) mass is 1350 g/mol. The summed E-state index contributed by atoms with van der Waals surface area (Å²) in [7, 11) is -9.91. The molecule has 546 valence electrons. The van der Waals surface area contributed by atoms with E-state index in [-0.39, 0.29) is 25.7 Å². The van der Waals surface area contributed by atoms with Crippen LogP contribution in [0, 0.1) is 23.7 Å². The van der Waals surface area contributed by atoms with E-state index in [9.17, 15) is 43.2 Å². The molecule has 0 saturated heterocycles. The van der Waals surface area contributed by atoms with Gasteiger partial charge in [-0.2, -0.15) is 0 Å². The topological polar surface area (TPSA) is 237 Å². The van der Waals surface area contributed by atoms with Gasteiger partial charge in [0.15, 0.2) is 12.2 Å². The molecule has 0 aromatic carbocycles. The van der Waals surface area contributed by atoms with Crippen LogP contribution in [0.3, 0.4) is 0 Å². The molecule has 0 bridgehead atoms. The molecule has 0 aliphatic rings. The molecule has 4 unspecified atom stereocenters. The minimum Gasteiger partial charge on any atom is -0.462 e. The zero-order valence-corrected chi connectivity index (χ0v) is 62.0. The predicted molar refractivity (Wildman–Crippen MR) is 372 cm³/mol. The van der Waals surface area contributed by atoms with Crippen molar-refractivity contribution in [3.63, 3.8) is 0 Å². The highest BCUT2D eigenvalue weighted by Crippen LogP contribution is 2.45. The number of hydrogen-bond acceptors (Lipinski definition) is 15. The van der Waals surface area contributed by atoms with Gasteiger partial charge in [0.1, 0.15) is 19.3 Å². The highest BCUT2D eigenvalue weighted by atomic mass is 31.2. The number of unbranched alkanes of at least 4 members (excludes halogenated alkanes) is 34. The molecule has 0 aliphatic heterocycles. The summed E-state index contributed by atoms with van der Waals surface area (Å²) < 4.78 is 68.4. The molecule has 0 heterocycles. The molecule has 19 heteroatoms. The summed E-state index contributed by atoms with van der Waals surface area (Å²) in [5.41, 5.74) is 0. The first kappa shape index (κ1) is 90.1. The maximum absolute atomic E-state index is 13.0. The molecule has 0 aliphatic carbocycles. The number of hydrogen-bond donors (Lipinski definition) is 3. The molecule has 3 N–H and O–H groups in total. The van der Waals surface area contributed by atoms with Gasteiger partial charge in [-0.05, 0) is 49.4 Å². The summed E-state index contributed by atoms with van der Waals surface area (Å²) >= 11 is 0. The van der Waals surface area contributed by atoms with Crippen molar-refractivity contribution >= 4 is 39.5 Å². The number of aliphatic hydroxyl groups excluding tert-OH is 1. The Bertz CT molecular complexity index is 1820. The maximum atomic E-state index is 13.0. The fourth-order valence-electron chi connectivity index (χ4n) is 11.0. The van der Waals surface area contributed by atoms with Crippen LogP contribution in [0.4, 0.5) is 0 Å². The highest BCUT2D eigenvalue weighted by Gasteiger charge is 2.30. The first-order valence-electron chi connectivity index (χ1n) is 37.8. The Morgan fingerprint density at radius 3 is 0.772 bits per heavy atom. The Kier molecular flexibility index (Phi) is 61.3. The van der Waals surface area contributed by atoms with Gasteiger partial charge in [0.25, 0.3) is 0 Å². The molecule has 92 heavy (non-hydrogen) atoms. The third kappa shape index (κ3) is 64.1. The number of carbonyl (C=O) groups excluding carboxylic acids is 4. The maximum Gasteiger partial charge on any atom is 0.472 e. The minimum atomic E-state index is -4.95. The molecule has 0 spiro atoms. The van der Waals surface area contributed by atoms with Crippen molar-refractivity contribution in [2.45, 2.75) is 382 Å². The molecule has 0 rings (SSSR count). The van der Waals surface area contributed by atoms with Crippen molar-refractivity contribution in [3.05, 3.63) is 0 Å². The number of aliphatic hydroxyl groups is 1. The summed E-state index contributed by atoms with van der Waals surface area (Å²) in [5, 5.41) is 10.6. The zero-order valence-electron chi connectivity index (χ0n) is 60.2. The summed E-state index contributed by atoms with van der Waals surface area (Å²) in [6.45, 7) is 14.1. The van der Waals surface area contributed by atoms with Crippen molar-refractivity contribution in [3.8, 4) is 0 Å². The third-order valence-electron chi connectivity index (χ3n) is 17.5. The first-order chi connectivity index (χ1) is 44.2. The summed E-state index contributed by atoms with van der Waals surface area (Å²) in [4.78, 5) is 72.7. The number of rotatable bonds is 70. The average molecular weight is 1350 g/mol. The van der Waals surface area contributed by atoms with Crippen molar-refractivity contribution in [2.75, 3.05) is 39.6 Å². The lowest BCUT2D eigenvalue weighted by Gasteiger charge is -2.21. The Labute approximate surface area is 562 Å². The molecular weight excluding hydrogens is 1210 g/mol. The number of ether oxygens (including phenoxy) is 4. The lowest BCUT2D eigenvalue weighted by molar-refractivity contribution is -0.161. The van der Waals surface area contributed by atoms with Gasteiger partial charge in [0, 0.05) is 25.7 Å². The molecule has 0 saturated carbocycles.